The molecule has 0 saturated carbocycles. The molecule has 0 saturated heterocycles. The fraction of sp³-hybridized carbons (Fsp3) is 0.0769. The fourth-order valence-electron chi connectivity index (χ4n) is 1.30. The van der Waals surface area contributed by atoms with Gasteiger partial charge in [-0.15, -0.1) is 11.3 Å². The van der Waals surface area contributed by atoms with Crippen LogP contribution in [-0.4, -0.2) is 18.7 Å². The van der Waals surface area contributed by atoms with E-state index in [0.717, 1.165) is 8.66 Å². The number of amides is 1. The predicted octanol–water partition coefficient (Wildman–Crippen LogP) is 3.69. The molecule has 20 heavy (non-hydrogen) atoms. The van der Waals surface area contributed by atoms with E-state index in [1.54, 1.807) is 30.5 Å². The van der Waals surface area contributed by atoms with Crippen molar-refractivity contribution in [2.45, 2.75) is 0 Å². The molecule has 4 nitrogen and oxygen atoms in total. The SMILES string of the molecule is O=C(COc1cccc(Cl)c1)NN=Cc1ccc(Br)s1. The molecule has 2 rings (SSSR count). The second-order valence-electron chi connectivity index (χ2n) is 3.68. The lowest BCUT2D eigenvalue weighted by molar-refractivity contribution is -0.123. The minimum atomic E-state index is -0.336. The van der Waals surface area contributed by atoms with E-state index in [2.05, 4.69) is 26.5 Å². The van der Waals surface area contributed by atoms with E-state index >= 15 is 0 Å². The summed E-state index contributed by atoms with van der Waals surface area (Å²) in [6, 6.07) is 10.7. The zero-order valence-electron chi connectivity index (χ0n) is 10.2. The smallest absolute Gasteiger partial charge is 0.277 e. The van der Waals surface area contributed by atoms with Crippen molar-refractivity contribution in [3.63, 3.8) is 0 Å². The van der Waals surface area contributed by atoms with Crippen LogP contribution < -0.4 is 10.2 Å². The first-order valence-electron chi connectivity index (χ1n) is 5.59. The Kier molecular flexibility index (Phi) is 5.58. The summed E-state index contributed by atoms with van der Waals surface area (Å²) in [5, 5.41) is 4.40. The van der Waals surface area contributed by atoms with Crippen LogP contribution >= 0.6 is 38.9 Å². The largest absolute Gasteiger partial charge is 0.484 e. The number of nitrogens with one attached hydrogen (secondary N) is 1. The van der Waals surface area contributed by atoms with Gasteiger partial charge in [0.15, 0.2) is 6.61 Å². The first-order chi connectivity index (χ1) is 9.63. The Hall–Kier alpha value is -1.37. The van der Waals surface area contributed by atoms with Gasteiger partial charge in [-0.2, -0.15) is 5.10 Å². The molecule has 1 amide bonds. The third kappa shape index (κ3) is 4.96. The van der Waals surface area contributed by atoms with Crippen LogP contribution in [0.15, 0.2) is 45.3 Å². The van der Waals surface area contributed by atoms with Crippen LogP contribution in [-0.2, 0) is 4.79 Å². The first-order valence-corrected chi connectivity index (χ1v) is 7.58. The Morgan fingerprint density at radius 3 is 3.00 bits per heavy atom. The molecule has 0 atom stereocenters. The number of carbonyl (C=O) groups is 1. The van der Waals surface area contributed by atoms with E-state index in [1.165, 1.54) is 11.3 Å². The highest BCUT2D eigenvalue weighted by atomic mass is 79.9. The van der Waals surface area contributed by atoms with Gasteiger partial charge in [0.1, 0.15) is 5.75 Å². The minimum Gasteiger partial charge on any atom is -0.484 e. The van der Waals surface area contributed by atoms with Gasteiger partial charge in [0.2, 0.25) is 0 Å². The van der Waals surface area contributed by atoms with Gasteiger partial charge in [0, 0.05) is 9.90 Å². The number of benzene rings is 1. The average Bonchev–Trinajstić information content (AvgIpc) is 2.82. The van der Waals surface area contributed by atoms with Crippen molar-refractivity contribution in [1.82, 2.24) is 5.43 Å². The lowest BCUT2D eigenvalue weighted by atomic mass is 10.3. The Morgan fingerprint density at radius 2 is 2.30 bits per heavy atom. The molecular weight excluding hydrogens is 364 g/mol. The summed E-state index contributed by atoms with van der Waals surface area (Å²) in [7, 11) is 0. The fourth-order valence-corrected chi connectivity index (χ4v) is 2.78. The molecule has 104 valence electrons. The number of rotatable bonds is 5. The lowest BCUT2D eigenvalue weighted by Crippen LogP contribution is -2.24. The topological polar surface area (TPSA) is 50.7 Å². The van der Waals surface area contributed by atoms with Crippen LogP contribution in [0, 0.1) is 0 Å². The Bertz CT molecular complexity index is 630. The number of halogens is 2. The first kappa shape index (κ1) is 15.0. The Morgan fingerprint density at radius 1 is 1.45 bits per heavy atom. The molecule has 0 aliphatic carbocycles. The quantitative estimate of drug-likeness (QED) is 0.642. The molecule has 0 radical (unpaired) electrons. The van der Waals surface area contributed by atoms with E-state index < -0.39 is 0 Å². The summed E-state index contributed by atoms with van der Waals surface area (Å²) in [6.07, 6.45) is 1.58. The summed E-state index contributed by atoms with van der Waals surface area (Å²) >= 11 is 10.7. The standard InChI is InChI=1S/C13H10BrClN2O2S/c14-12-5-4-11(20-12)7-16-17-13(18)8-19-10-3-1-2-9(15)6-10/h1-7H,8H2,(H,17,18). The maximum atomic E-state index is 11.5. The molecule has 0 spiro atoms. The van der Waals surface area contributed by atoms with E-state index in [-0.39, 0.29) is 12.5 Å². The van der Waals surface area contributed by atoms with Crippen molar-refractivity contribution in [3.8, 4) is 5.75 Å². The maximum absolute atomic E-state index is 11.5. The molecule has 1 heterocycles. The van der Waals surface area contributed by atoms with Crippen LogP contribution in [0.4, 0.5) is 0 Å². The van der Waals surface area contributed by atoms with Crippen LogP contribution in [0.2, 0.25) is 5.02 Å². The second kappa shape index (κ2) is 7.42. The highest BCUT2D eigenvalue weighted by Gasteiger charge is 2.01. The number of ether oxygens (including phenoxy) is 1. The molecule has 1 aromatic carbocycles. The number of hydrazone groups is 1. The van der Waals surface area contributed by atoms with Gasteiger partial charge in [-0.05, 0) is 46.3 Å². The summed E-state index contributed by atoms with van der Waals surface area (Å²) in [5.74, 6) is 0.204. The average molecular weight is 374 g/mol. The monoisotopic (exact) mass is 372 g/mol. The van der Waals surface area contributed by atoms with E-state index in [4.69, 9.17) is 16.3 Å². The molecule has 0 aliphatic heterocycles. The normalized spacial score (nSPS) is 10.7. The third-order valence-electron chi connectivity index (χ3n) is 2.14. The molecule has 0 unspecified atom stereocenters. The number of hydrogen-bond donors (Lipinski definition) is 1. The molecule has 0 aliphatic rings. The number of hydrogen-bond acceptors (Lipinski definition) is 4. The van der Waals surface area contributed by atoms with Crippen LogP contribution in [0.25, 0.3) is 0 Å². The van der Waals surface area contributed by atoms with Gasteiger partial charge in [0.25, 0.3) is 5.91 Å². The van der Waals surface area contributed by atoms with Crippen LogP contribution in [0.3, 0.4) is 0 Å². The van der Waals surface area contributed by atoms with Crippen molar-refractivity contribution in [3.05, 3.63) is 50.1 Å². The molecule has 1 aromatic heterocycles. The predicted molar refractivity (Wildman–Crippen MR) is 84.7 cm³/mol. The zero-order valence-corrected chi connectivity index (χ0v) is 13.3. The number of carbonyl (C=O) groups excluding carboxylic acids is 1. The van der Waals surface area contributed by atoms with Crippen molar-refractivity contribution in [2.24, 2.45) is 5.10 Å². The summed E-state index contributed by atoms with van der Waals surface area (Å²) in [6.45, 7) is -0.119. The third-order valence-corrected chi connectivity index (χ3v) is 3.93. The minimum absolute atomic E-state index is 0.119. The Labute approximate surface area is 133 Å². The summed E-state index contributed by atoms with van der Waals surface area (Å²) in [5.41, 5.74) is 2.39. The number of nitrogens with zero attached hydrogens (tertiary/aromatic N) is 1. The number of thiophene rings is 1. The van der Waals surface area contributed by atoms with E-state index in [1.807, 2.05) is 12.1 Å². The van der Waals surface area contributed by atoms with Crippen LogP contribution in [0.5, 0.6) is 5.75 Å². The van der Waals surface area contributed by atoms with Gasteiger partial charge in [0.05, 0.1) is 10.0 Å². The van der Waals surface area contributed by atoms with E-state index in [9.17, 15) is 4.79 Å². The van der Waals surface area contributed by atoms with Gasteiger partial charge < -0.3 is 4.74 Å². The van der Waals surface area contributed by atoms with Crippen molar-refractivity contribution in [1.29, 1.82) is 0 Å². The highest BCUT2D eigenvalue weighted by Crippen LogP contribution is 2.20. The van der Waals surface area contributed by atoms with Crippen LogP contribution in [0.1, 0.15) is 4.88 Å². The second-order valence-corrected chi connectivity index (χ2v) is 6.61. The lowest BCUT2D eigenvalue weighted by Gasteiger charge is -2.04. The molecule has 7 heteroatoms. The highest BCUT2D eigenvalue weighted by molar-refractivity contribution is 9.11. The zero-order chi connectivity index (χ0) is 14.4. The Balaban J connectivity index is 1.77. The maximum Gasteiger partial charge on any atom is 0.277 e. The molecular formula is C13H10BrClN2O2S. The molecule has 0 bridgehead atoms. The van der Waals surface area contributed by atoms with Gasteiger partial charge in [-0.1, -0.05) is 17.7 Å². The molecule has 2 aromatic rings. The van der Waals surface area contributed by atoms with E-state index in [0.29, 0.717) is 10.8 Å². The van der Waals surface area contributed by atoms with Crippen molar-refractivity contribution < 1.29 is 9.53 Å². The van der Waals surface area contributed by atoms with Gasteiger partial charge in [-0.25, -0.2) is 5.43 Å². The summed E-state index contributed by atoms with van der Waals surface area (Å²) < 4.78 is 6.29. The van der Waals surface area contributed by atoms with Crippen molar-refractivity contribution in [2.75, 3.05) is 6.61 Å². The molecule has 0 fully saturated rings. The van der Waals surface area contributed by atoms with Crippen molar-refractivity contribution >= 4 is 51.0 Å². The summed E-state index contributed by atoms with van der Waals surface area (Å²) in [4.78, 5) is 12.4. The molecule has 1 N–H and O–H groups in total. The van der Waals surface area contributed by atoms with Gasteiger partial charge >= 0.3 is 0 Å². The van der Waals surface area contributed by atoms with Gasteiger partial charge in [-0.3, -0.25) is 4.79 Å².